The fourth-order valence-electron chi connectivity index (χ4n) is 0. The standard InChI is InChI=1S/4Ca.8H3O4P/c;;;;8*1-5(2,3)4/h;;;;8*(H3,1,2,3,4)/q4*+2;;;;;;;;/p-8. The van der Waals surface area contributed by atoms with Gasteiger partial charge in [0.15, 0.2) is 0 Å². The van der Waals surface area contributed by atoms with Gasteiger partial charge in [0.25, 0.3) is 62.6 Å². The van der Waals surface area contributed by atoms with Gasteiger partial charge in [-0.15, -0.1) is 0 Å². The number of hydrogen-bond acceptors (Lipinski definition) is 16. The Bertz CT molecular complexity index is 658. The molecule has 0 bridgehead atoms. The summed E-state index contributed by atoms with van der Waals surface area (Å²) in [4.78, 5) is 183. The molecule has 16 N–H and O–H groups in total. The van der Waals surface area contributed by atoms with E-state index in [4.69, 9.17) is 154 Å². The molecule has 0 aliphatic carbocycles. The molecule has 44 heteroatoms. The zero-order valence-corrected chi connectivity index (χ0v) is 36.1. The van der Waals surface area contributed by atoms with E-state index in [-0.39, 0.29) is 151 Å². The first-order valence-corrected chi connectivity index (χ1v) is 18.4. The second-order valence-corrected chi connectivity index (χ2v) is 11.8. The summed E-state index contributed by atoms with van der Waals surface area (Å²) in [5, 5.41) is 0. The summed E-state index contributed by atoms with van der Waals surface area (Å²) in [7, 11) is -39.1. The van der Waals surface area contributed by atoms with Crippen LogP contribution in [-0.2, 0) is 36.5 Å². The monoisotopic (exact) mass is 936 g/mol. The summed E-state index contributed by atoms with van der Waals surface area (Å²) < 4.78 is 70.2. The van der Waals surface area contributed by atoms with Crippen LogP contribution in [0.15, 0.2) is 0 Å². The Hall–Kier alpha value is 5.92. The van der Waals surface area contributed by atoms with Crippen LogP contribution in [-0.4, -0.2) is 229 Å². The molecule has 44 heavy (non-hydrogen) atoms. The van der Waals surface area contributed by atoms with E-state index in [2.05, 4.69) is 0 Å². The van der Waals surface area contributed by atoms with Gasteiger partial charge in [-0.05, 0) is 0 Å². The summed E-state index contributed by atoms with van der Waals surface area (Å²) in [6.07, 6.45) is 0. The number of rotatable bonds is 0. The molecule has 0 aromatic rings. The third-order valence-electron chi connectivity index (χ3n) is 0. The molecule has 0 saturated heterocycles. The van der Waals surface area contributed by atoms with Gasteiger partial charge >= 0.3 is 151 Å². The van der Waals surface area contributed by atoms with E-state index in [1.54, 1.807) is 0 Å². The third-order valence-corrected chi connectivity index (χ3v) is 0. The Labute approximate surface area is 361 Å². The molecule has 0 aliphatic rings. The van der Waals surface area contributed by atoms with Crippen LogP contribution in [0.2, 0.25) is 0 Å². The third kappa shape index (κ3) is 3010. The molecular formula is H16Ca4O32P8. The van der Waals surface area contributed by atoms with Crippen LogP contribution in [0, 0.1) is 0 Å². The van der Waals surface area contributed by atoms with Crippen LogP contribution in [0.1, 0.15) is 0 Å². The molecule has 0 saturated carbocycles. The largest absolute Gasteiger partial charge is 2.00 e. The predicted octanol–water partition coefficient (Wildman–Crippen LogP) is -14.0. The van der Waals surface area contributed by atoms with E-state index in [1.165, 1.54) is 0 Å². The van der Waals surface area contributed by atoms with Gasteiger partial charge in [-0.1, -0.05) is 0 Å². The molecule has 0 heterocycles. The first-order valence-electron chi connectivity index (χ1n) is 6.12. The van der Waals surface area contributed by atoms with E-state index in [1.807, 2.05) is 0 Å². The molecule has 0 aromatic carbocycles. The summed E-state index contributed by atoms with van der Waals surface area (Å²) >= 11 is 0. The second-order valence-electron chi connectivity index (χ2n) is 3.92. The fourth-order valence-corrected chi connectivity index (χ4v) is 0. The van der Waals surface area contributed by atoms with Crippen LogP contribution in [0.3, 0.4) is 0 Å². The minimum atomic E-state index is -4.89. The Morgan fingerprint density at radius 2 is 0.205 bits per heavy atom. The summed E-state index contributed by atoms with van der Waals surface area (Å²) in [6, 6.07) is 0. The van der Waals surface area contributed by atoms with Gasteiger partial charge < -0.3 is 117 Å². The average Bonchev–Trinajstić information content (AvgIpc) is 2.16. The molecule has 0 amide bonds. The van der Waals surface area contributed by atoms with Crippen molar-refractivity contribution in [3.05, 3.63) is 0 Å². The van der Waals surface area contributed by atoms with Crippen molar-refractivity contribution in [2.75, 3.05) is 0 Å². The first-order chi connectivity index (χ1) is 16.0. The molecule has 32 nitrogen and oxygen atoms in total. The number of hydrogen-bond donors (Lipinski definition) is 16. The molecule has 0 aromatic heterocycles. The van der Waals surface area contributed by atoms with Crippen molar-refractivity contribution in [3.63, 3.8) is 0 Å². The number of phosphoric acid groups is 8. The van der Waals surface area contributed by atoms with Crippen molar-refractivity contribution in [1.29, 1.82) is 0 Å². The maximum atomic E-state index is 8.77. The first kappa shape index (κ1) is 83.1. The van der Waals surface area contributed by atoms with Crippen LogP contribution in [0.25, 0.3) is 0 Å². The van der Waals surface area contributed by atoms with E-state index in [0.717, 1.165) is 0 Å². The minimum absolute atomic E-state index is 0. The topological polar surface area (TPSA) is 645 Å². The van der Waals surface area contributed by atoms with Crippen LogP contribution < -0.4 is 39.1 Å². The summed E-state index contributed by atoms with van der Waals surface area (Å²) in [5.74, 6) is 0. The molecule has 0 atom stereocenters. The molecule has 0 rings (SSSR count). The van der Waals surface area contributed by atoms with Crippen LogP contribution in [0.4, 0.5) is 0 Å². The summed E-state index contributed by atoms with van der Waals surface area (Å²) in [6.45, 7) is 0. The zero-order chi connectivity index (χ0) is 36.0. The Morgan fingerprint density at radius 1 is 0.205 bits per heavy atom. The van der Waals surface area contributed by atoms with Crippen molar-refractivity contribution >= 4 is 214 Å². The van der Waals surface area contributed by atoms with Crippen molar-refractivity contribution in [2.24, 2.45) is 0 Å². The van der Waals surface area contributed by atoms with Gasteiger partial charge in [0.05, 0.1) is 0 Å². The van der Waals surface area contributed by atoms with Crippen LogP contribution >= 0.6 is 62.6 Å². The van der Waals surface area contributed by atoms with Gasteiger partial charge in [-0.3, -0.25) is 36.5 Å². The van der Waals surface area contributed by atoms with Crippen molar-refractivity contribution in [1.82, 2.24) is 0 Å². The molecule has 0 radical (unpaired) electrons. The van der Waals surface area contributed by atoms with Crippen molar-refractivity contribution < 1.29 is 154 Å². The van der Waals surface area contributed by atoms with Crippen molar-refractivity contribution in [2.45, 2.75) is 0 Å². The van der Waals surface area contributed by atoms with Crippen molar-refractivity contribution in [3.8, 4) is 0 Å². The van der Waals surface area contributed by atoms with Gasteiger partial charge in [0, 0.05) is 0 Å². The second kappa shape index (κ2) is 38.6. The average molecular weight is 936 g/mol. The molecule has 0 fully saturated rings. The van der Waals surface area contributed by atoms with E-state index < -0.39 is 62.6 Å². The van der Waals surface area contributed by atoms with Gasteiger partial charge in [-0.2, -0.15) is 0 Å². The Kier molecular flexibility index (Phi) is 73.0. The maximum absolute atomic E-state index is 8.77. The van der Waals surface area contributed by atoms with Gasteiger partial charge in [0.2, 0.25) is 0 Å². The normalized spacial score (nSPS) is 10.7. The molecular weight excluding hydrogens is 920 g/mol. The van der Waals surface area contributed by atoms with E-state index in [0.29, 0.717) is 0 Å². The minimum Gasteiger partial charge on any atom is -0.756 e. The smallest absolute Gasteiger partial charge is 0.756 e. The zero-order valence-electron chi connectivity index (χ0n) is 20.1. The quantitative estimate of drug-likeness (QED) is 0.0792. The molecule has 0 unspecified atom stereocenters. The van der Waals surface area contributed by atoms with Crippen LogP contribution in [0.5, 0.6) is 0 Å². The molecule has 0 aliphatic heterocycles. The SMILES string of the molecule is O=P([O-])(O)O.O=P([O-])(O)O.O=P([O-])(O)O.O=P([O-])(O)O.O=P([O-])(O)O.O=P([O-])(O)O.O=P([O-])(O)O.O=P([O-])(O)O.[Ca+2].[Ca+2].[Ca+2].[Ca+2]. The molecule has 0 spiro atoms. The Morgan fingerprint density at radius 3 is 0.205 bits per heavy atom. The predicted molar refractivity (Wildman–Crippen MR) is 119 cm³/mol. The van der Waals surface area contributed by atoms with E-state index >= 15 is 0 Å². The Balaban J connectivity index is -0.0000000263. The van der Waals surface area contributed by atoms with E-state index in [9.17, 15) is 0 Å². The molecule has 256 valence electrons. The summed E-state index contributed by atoms with van der Waals surface area (Å²) in [5.41, 5.74) is 0. The van der Waals surface area contributed by atoms with Gasteiger partial charge in [0.1, 0.15) is 0 Å². The maximum Gasteiger partial charge on any atom is 2.00 e. The van der Waals surface area contributed by atoms with Gasteiger partial charge in [-0.25, -0.2) is 0 Å². The fraction of sp³-hybridized carbons (Fsp3) is 0.